The van der Waals surface area contributed by atoms with Crippen molar-refractivity contribution in [1.29, 1.82) is 0 Å². The fraction of sp³-hybridized carbons (Fsp3) is 0.278. The van der Waals surface area contributed by atoms with Crippen molar-refractivity contribution in [3.05, 3.63) is 58.7 Å². The Balaban J connectivity index is 2.28. The minimum Gasteiger partial charge on any atom is -0.489 e. The van der Waals surface area contributed by atoms with Crippen LogP contribution in [0.5, 0.6) is 5.75 Å². The van der Waals surface area contributed by atoms with Gasteiger partial charge in [-0.15, -0.1) is 0 Å². The van der Waals surface area contributed by atoms with Gasteiger partial charge >= 0.3 is 0 Å². The molecule has 0 bridgehead atoms. The number of benzene rings is 2. The first kappa shape index (κ1) is 18.3. The van der Waals surface area contributed by atoms with E-state index in [1.54, 1.807) is 12.3 Å². The molecular formula is C18H19F2NO2S. The molecule has 0 radical (unpaired) electrons. The molecule has 2 rings (SSSR count). The van der Waals surface area contributed by atoms with Gasteiger partial charge in [-0.25, -0.2) is 8.78 Å². The lowest BCUT2D eigenvalue weighted by Crippen LogP contribution is -2.11. The van der Waals surface area contributed by atoms with Crippen molar-refractivity contribution in [2.45, 2.75) is 26.9 Å². The van der Waals surface area contributed by atoms with Crippen molar-refractivity contribution < 1.29 is 18.3 Å². The molecule has 0 fully saturated rings. The zero-order valence-electron chi connectivity index (χ0n) is 13.7. The number of hydrogen-bond acceptors (Lipinski definition) is 3. The minimum absolute atomic E-state index is 0.0917. The van der Waals surface area contributed by atoms with E-state index in [0.717, 1.165) is 22.9 Å². The maximum absolute atomic E-state index is 13.2. The number of hydrogen-bond donors (Lipinski definition) is 1. The van der Waals surface area contributed by atoms with E-state index >= 15 is 0 Å². The van der Waals surface area contributed by atoms with E-state index in [4.69, 9.17) is 4.74 Å². The third kappa shape index (κ3) is 4.47. The number of thioether (sulfide) groups is 1. The zero-order valence-corrected chi connectivity index (χ0v) is 14.5. The Morgan fingerprint density at radius 2 is 2.00 bits per heavy atom. The molecule has 2 aromatic carbocycles. The van der Waals surface area contributed by atoms with Crippen molar-refractivity contribution in [1.82, 2.24) is 0 Å². The summed E-state index contributed by atoms with van der Waals surface area (Å²) in [5.74, 6) is 0.685. The fourth-order valence-corrected chi connectivity index (χ4v) is 2.55. The van der Waals surface area contributed by atoms with Gasteiger partial charge in [0.05, 0.1) is 5.69 Å². The van der Waals surface area contributed by atoms with Gasteiger partial charge in [-0.2, -0.15) is 0 Å². The zero-order chi connectivity index (χ0) is 17.7. The lowest BCUT2D eigenvalue weighted by atomic mass is 10.1. The van der Waals surface area contributed by atoms with Crippen molar-refractivity contribution in [3.63, 3.8) is 0 Å². The number of anilines is 1. The molecule has 24 heavy (non-hydrogen) atoms. The van der Waals surface area contributed by atoms with Crippen molar-refractivity contribution >= 4 is 22.7 Å². The van der Waals surface area contributed by atoms with Crippen LogP contribution in [0.4, 0.5) is 19.3 Å². The predicted molar refractivity (Wildman–Crippen MR) is 94.2 cm³/mol. The highest BCUT2D eigenvalue weighted by Gasteiger charge is 2.18. The van der Waals surface area contributed by atoms with Crippen LogP contribution in [0.2, 0.25) is 0 Å². The summed E-state index contributed by atoms with van der Waals surface area (Å²) in [6.07, 6.45) is -1.09. The maximum atomic E-state index is 13.2. The summed E-state index contributed by atoms with van der Waals surface area (Å²) in [7, 11) is 0. The summed E-state index contributed by atoms with van der Waals surface area (Å²) >= 11 is 0.932. The van der Waals surface area contributed by atoms with Gasteiger partial charge in [0, 0.05) is 11.1 Å². The molecule has 2 aromatic rings. The highest BCUT2D eigenvalue weighted by atomic mass is 32.2. The standard InChI is InChI=1S/C18H19F2NO2S/c1-11-7-8-15(12(2)9-11)23-10-13-5-4-6-14(17(19)20)16(13)21-18(22)24-3/h4-9,17H,10H2,1-3H3,(H,21,22). The minimum atomic E-state index is -2.68. The number of nitrogens with one attached hydrogen (secondary N) is 1. The molecule has 1 amide bonds. The van der Waals surface area contributed by atoms with Crippen LogP contribution in [0.15, 0.2) is 36.4 Å². The second kappa shape index (κ2) is 8.15. The Kier molecular flexibility index (Phi) is 6.20. The van der Waals surface area contributed by atoms with Gasteiger partial charge in [-0.05, 0) is 31.7 Å². The average Bonchev–Trinajstić information content (AvgIpc) is 2.54. The first-order valence-corrected chi connectivity index (χ1v) is 8.59. The van der Waals surface area contributed by atoms with Crippen LogP contribution >= 0.6 is 11.8 Å². The molecule has 0 aromatic heterocycles. The maximum Gasteiger partial charge on any atom is 0.283 e. The Morgan fingerprint density at radius 3 is 2.62 bits per heavy atom. The van der Waals surface area contributed by atoms with E-state index in [2.05, 4.69) is 5.32 Å². The molecule has 0 saturated carbocycles. The molecule has 0 unspecified atom stereocenters. The second-order valence-electron chi connectivity index (χ2n) is 5.36. The highest BCUT2D eigenvalue weighted by Crippen LogP contribution is 2.32. The summed E-state index contributed by atoms with van der Waals surface area (Å²) < 4.78 is 32.2. The summed E-state index contributed by atoms with van der Waals surface area (Å²) in [5.41, 5.74) is 2.51. The van der Waals surface area contributed by atoms with Gasteiger partial charge in [0.25, 0.3) is 11.7 Å². The molecule has 0 aliphatic heterocycles. The van der Waals surface area contributed by atoms with E-state index in [0.29, 0.717) is 11.3 Å². The molecule has 0 aliphatic carbocycles. The quantitative estimate of drug-likeness (QED) is 0.749. The van der Waals surface area contributed by atoms with Gasteiger partial charge in [0.2, 0.25) is 0 Å². The summed E-state index contributed by atoms with van der Waals surface area (Å²) in [5, 5.41) is 2.14. The number of alkyl halides is 2. The predicted octanol–water partition coefficient (Wildman–Crippen LogP) is 5.71. The third-order valence-corrected chi connectivity index (χ3v) is 4.02. The lowest BCUT2D eigenvalue weighted by Gasteiger charge is -2.16. The molecule has 128 valence electrons. The summed E-state index contributed by atoms with van der Waals surface area (Å²) in [6.45, 7) is 4.00. The van der Waals surface area contributed by atoms with E-state index in [1.807, 2.05) is 32.0 Å². The number of ether oxygens (including phenoxy) is 1. The number of carbonyl (C=O) groups is 1. The van der Waals surface area contributed by atoms with Gasteiger partial charge in [-0.1, -0.05) is 47.7 Å². The molecule has 0 spiro atoms. The van der Waals surface area contributed by atoms with Crippen molar-refractivity contribution in [2.24, 2.45) is 0 Å². The highest BCUT2D eigenvalue weighted by molar-refractivity contribution is 8.13. The van der Waals surface area contributed by atoms with Crippen LogP contribution < -0.4 is 10.1 Å². The van der Waals surface area contributed by atoms with E-state index in [-0.39, 0.29) is 17.9 Å². The number of rotatable bonds is 5. The van der Waals surface area contributed by atoms with Crippen LogP contribution in [0.3, 0.4) is 0 Å². The molecule has 1 N–H and O–H groups in total. The summed E-state index contributed by atoms with van der Waals surface area (Å²) in [6, 6.07) is 10.3. The summed E-state index contributed by atoms with van der Waals surface area (Å²) in [4.78, 5) is 11.6. The van der Waals surface area contributed by atoms with Crippen molar-refractivity contribution in [2.75, 3.05) is 11.6 Å². The molecule has 0 heterocycles. The number of para-hydroxylation sites is 1. The molecule has 0 aliphatic rings. The molecule has 0 atom stereocenters. The SMILES string of the molecule is CSC(=O)Nc1c(COc2ccc(C)cc2C)cccc1C(F)F. The fourth-order valence-electron chi connectivity index (χ4n) is 2.34. The van der Waals surface area contributed by atoms with Crippen LogP contribution in [0.25, 0.3) is 0 Å². The first-order chi connectivity index (χ1) is 11.4. The monoisotopic (exact) mass is 351 g/mol. The molecule has 0 saturated heterocycles. The number of carbonyl (C=O) groups excluding carboxylic acids is 1. The number of aryl methyl sites for hydroxylation is 2. The van der Waals surface area contributed by atoms with Crippen LogP contribution in [-0.2, 0) is 6.61 Å². The first-order valence-electron chi connectivity index (χ1n) is 7.37. The lowest BCUT2D eigenvalue weighted by molar-refractivity contribution is 0.152. The van der Waals surface area contributed by atoms with E-state index < -0.39 is 11.7 Å². The molecular weight excluding hydrogens is 332 g/mol. The van der Waals surface area contributed by atoms with Gasteiger partial charge in [-0.3, -0.25) is 4.79 Å². The average molecular weight is 351 g/mol. The second-order valence-corrected chi connectivity index (χ2v) is 6.14. The van der Waals surface area contributed by atoms with Crippen molar-refractivity contribution in [3.8, 4) is 5.75 Å². The van der Waals surface area contributed by atoms with Gasteiger partial charge in [0.1, 0.15) is 12.4 Å². The smallest absolute Gasteiger partial charge is 0.283 e. The van der Waals surface area contributed by atoms with E-state index in [9.17, 15) is 13.6 Å². The third-order valence-electron chi connectivity index (χ3n) is 3.54. The van der Waals surface area contributed by atoms with Crippen LogP contribution in [0, 0.1) is 13.8 Å². The Hall–Kier alpha value is -2.08. The number of halogens is 2. The topological polar surface area (TPSA) is 38.3 Å². The van der Waals surface area contributed by atoms with Gasteiger partial charge < -0.3 is 10.1 Å². The van der Waals surface area contributed by atoms with E-state index in [1.165, 1.54) is 12.1 Å². The molecule has 6 heteroatoms. The molecule has 3 nitrogen and oxygen atoms in total. The number of amides is 1. The Bertz CT molecular complexity index is 735. The van der Waals surface area contributed by atoms with Crippen LogP contribution in [0.1, 0.15) is 28.7 Å². The largest absolute Gasteiger partial charge is 0.489 e. The van der Waals surface area contributed by atoms with Gasteiger partial charge in [0.15, 0.2) is 0 Å². The Morgan fingerprint density at radius 1 is 1.25 bits per heavy atom. The van der Waals surface area contributed by atoms with Crippen LogP contribution in [-0.4, -0.2) is 11.5 Å². The Labute approximate surface area is 144 Å². The normalized spacial score (nSPS) is 10.8.